The second-order valence-electron chi connectivity index (χ2n) is 3.67. The average molecular weight is 325 g/mol. The summed E-state index contributed by atoms with van der Waals surface area (Å²) in [7, 11) is 1.51. The summed E-state index contributed by atoms with van der Waals surface area (Å²) in [4.78, 5) is 15.4. The number of hydrogen-bond acceptors (Lipinski definition) is 3. The summed E-state index contributed by atoms with van der Waals surface area (Å²) < 4.78 is 18.6. The number of methoxy groups -OCH3 is 1. The van der Waals surface area contributed by atoms with Crippen LogP contribution in [0.25, 0.3) is 0 Å². The molecule has 0 saturated carbocycles. The van der Waals surface area contributed by atoms with Crippen molar-refractivity contribution in [3.05, 3.63) is 52.5 Å². The highest BCUT2D eigenvalue weighted by Crippen LogP contribution is 2.28. The van der Waals surface area contributed by atoms with E-state index in [1.807, 2.05) is 0 Å². The van der Waals surface area contributed by atoms with Gasteiger partial charge in [-0.3, -0.25) is 4.79 Å². The quantitative estimate of drug-likeness (QED) is 0.882. The number of halogens is 2. The van der Waals surface area contributed by atoms with Crippen molar-refractivity contribution in [3.8, 4) is 5.75 Å². The molecule has 0 fully saturated rings. The maximum Gasteiger partial charge on any atom is 0.257 e. The number of pyridine rings is 1. The molecule has 1 aromatic carbocycles. The molecule has 1 amide bonds. The predicted octanol–water partition coefficient (Wildman–Crippen LogP) is 3.24. The van der Waals surface area contributed by atoms with Crippen LogP contribution in [0.2, 0.25) is 0 Å². The van der Waals surface area contributed by atoms with Gasteiger partial charge in [0.25, 0.3) is 5.91 Å². The molecule has 0 atom stereocenters. The van der Waals surface area contributed by atoms with E-state index in [4.69, 9.17) is 4.74 Å². The molecule has 0 unspecified atom stereocenters. The summed E-state index contributed by atoms with van der Waals surface area (Å²) >= 11 is 3.31. The van der Waals surface area contributed by atoms with Crippen LogP contribution in [0.4, 0.5) is 10.1 Å². The second-order valence-corrected chi connectivity index (χ2v) is 4.58. The smallest absolute Gasteiger partial charge is 0.257 e. The molecule has 98 valence electrons. The topological polar surface area (TPSA) is 51.2 Å². The van der Waals surface area contributed by atoms with Gasteiger partial charge in [-0.2, -0.15) is 4.39 Å². The van der Waals surface area contributed by atoms with Gasteiger partial charge in [-0.1, -0.05) is 15.9 Å². The standard InChI is InChI=1S/C13H10BrFN2O2/c1-19-11-4-3-9(14)6-10(11)17-13(18)8-2-5-12(15)16-7-8/h2-7H,1H3,(H,17,18). The minimum absolute atomic E-state index is 0.267. The van der Waals surface area contributed by atoms with Crippen molar-refractivity contribution >= 4 is 27.5 Å². The van der Waals surface area contributed by atoms with Gasteiger partial charge in [0.15, 0.2) is 0 Å². The van der Waals surface area contributed by atoms with E-state index in [-0.39, 0.29) is 11.5 Å². The highest BCUT2D eigenvalue weighted by atomic mass is 79.9. The van der Waals surface area contributed by atoms with Gasteiger partial charge in [0.1, 0.15) is 5.75 Å². The fraction of sp³-hybridized carbons (Fsp3) is 0.0769. The lowest BCUT2D eigenvalue weighted by molar-refractivity contribution is 0.102. The van der Waals surface area contributed by atoms with Gasteiger partial charge >= 0.3 is 0 Å². The first-order valence-corrected chi connectivity index (χ1v) is 6.16. The first kappa shape index (κ1) is 13.5. The van der Waals surface area contributed by atoms with Crippen molar-refractivity contribution in [1.82, 2.24) is 4.98 Å². The molecule has 0 bridgehead atoms. The third-order valence-corrected chi connectivity index (χ3v) is 2.89. The van der Waals surface area contributed by atoms with Gasteiger partial charge in [-0.15, -0.1) is 0 Å². The number of anilines is 1. The summed E-state index contributed by atoms with van der Waals surface area (Å²) in [5, 5.41) is 2.68. The largest absolute Gasteiger partial charge is 0.495 e. The number of hydrogen-bond donors (Lipinski definition) is 1. The summed E-state index contributed by atoms with van der Waals surface area (Å²) in [6.07, 6.45) is 1.18. The number of carbonyl (C=O) groups excluding carboxylic acids is 1. The number of carbonyl (C=O) groups is 1. The van der Waals surface area contributed by atoms with Crippen LogP contribution in [0.5, 0.6) is 5.75 Å². The Morgan fingerprint density at radius 3 is 2.79 bits per heavy atom. The van der Waals surface area contributed by atoms with Crippen molar-refractivity contribution in [2.24, 2.45) is 0 Å². The first-order valence-electron chi connectivity index (χ1n) is 5.36. The molecule has 0 aliphatic heterocycles. The zero-order valence-electron chi connectivity index (χ0n) is 9.98. The fourth-order valence-electron chi connectivity index (χ4n) is 1.48. The van der Waals surface area contributed by atoms with Crippen LogP contribution in [0.15, 0.2) is 41.0 Å². The molecule has 6 heteroatoms. The molecule has 2 aromatic rings. The molecule has 4 nitrogen and oxygen atoms in total. The highest BCUT2D eigenvalue weighted by molar-refractivity contribution is 9.10. The minimum Gasteiger partial charge on any atom is -0.495 e. The number of rotatable bonds is 3. The lowest BCUT2D eigenvalue weighted by Gasteiger charge is -2.10. The van der Waals surface area contributed by atoms with E-state index < -0.39 is 5.95 Å². The van der Waals surface area contributed by atoms with E-state index in [0.717, 1.165) is 10.5 Å². The van der Waals surface area contributed by atoms with E-state index in [9.17, 15) is 9.18 Å². The Bertz CT molecular complexity index is 602. The lowest BCUT2D eigenvalue weighted by atomic mass is 10.2. The van der Waals surface area contributed by atoms with Gasteiger partial charge in [0.2, 0.25) is 5.95 Å². The number of ether oxygens (including phenoxy) is 1. The van der Waals surface area contributed by atoms with Gasteiger partial charge in [0.05, 0.1) is 18.4 Å². The van der Waals surface area contributed by atoms with Crippen LogP contribution in [0.3, 0.4) is 0 Å². The van der Waals surface area contributed by atoms with Gasteiger partial charge in [-0.05, 0) is 30.3 Å². The SMILES string of the molecule is COc1ccc(Br)cc1NC(=O)c1ccc(F)nc1. The molecule has 19 heavy (non-hydrogen) atoms. The highest BCUT2D eigenvalue weighted by Gasteiger charge is 2.10. The average Bonchev–Trinajstić information content (AvgIpc) is 2.39. The monoisotopic (exact) mass is 324 g/mol. The Morgan fingerprint density at radius 1 is 1.37 bits per heavy atom. The van der Waals surface area contributed by atoms with Gasteiger partial charge in [-0.25, -0.2) is 4.98 Å². The number of nitrogens with zero attached hydrogens (tertiary/aromatic N) is 1. The number of aromatic nitrogens is 1. The molecule has 1 heterocycles. The Balaban J connectivity index is 2.23. The number of nitrogens with one attached hydrogen (secondary N) is 1. The maximum absolute atomic E-state index is 12.7. The molecular weight excluding hydrogens is 315 g/mol. The number of benzene rings is 1. The van der Waals surface area contributed by atoms with Crippen LogP contribution < -0.4 is 10.1 Å². The van der Waals surface area contributed by atoms with Crippen LogP contribution in [0.1, 0.15) is 10.4 Å². The Morgan fingerprint density at radius 2 is 2.16 bits per heavy atom. The van der Waals surface area contributed by atoms with Crippen molar-refractivity contribution in [1.29, 1.82) is 0 Å². The maximum atomic E-state index is 12.7. The van der Waals surface area contributed by atoms with Crippen molar-refractivity contribution in [3.63, 3.8) is 0 Å². The molecule has 2 rings (SSSR count). The van der Waals surface area contributed by atoms with E-state index >= 15 is 0 Å². The van der Waals surface area contributed by atoms with Crippen molar-refractivity contribution < 1.29 is 13.9 Å². The molecule has 1 N–H and O–H groups in total. The fourth-order valence-corrected chi connectivity index (χ4v) is 1.84. The summed E-state index contributed by atoms with van der Waals surface area (Å²) in [5.74, 6) is -0.480. The summed E-state index contributed by atoms with van der Waals surface area (Å²) in [5.41, 5.74) is 0.787. The summed E-state index contributed by atoms with van der Waals surface area (Å²) in [6.45, 7) is 0. The number of amides is 1. The van der Waals surface area contributed by atoms with E-state index in [1.165, 1.54) is 19.4 Å². The second kappa shape index (κ2) is 5.79. The van der Waals surface area contributed by atoms with E-state index in [1.54, 1.807) is 18.2 Å². The van der Waals surface area contributed by atoms with Crippen LogP contribution in [0, 0.1) is 5.95 Å². The lowest BCUT2D eigenvalue weighted by Crippen LogP contribution is -2.13. The van der Waals surface area contributed by atoms with Crippen LogP contribution in [-0.2, 0) is 0 Å². The van der Waals surface area contributed by atoms with Crippen molar-refractivity contribution in [2.75, 3.05) is 12.4 Å². The molecular formula is C13H10BrFN2O2. The molecule has 0 aliphatic rings. The molecule has 1 aromatic heterocycles. The van der Waals surface area contributed by atoms with E-state index in [0.29, 0.717) is 11.4 Å². The third-order valence-electron chi connectivity index (χ3n) is 2.40. The molecule has 0 aliphatic carbocycles. The van der Waals surface area contributed by atoms with Crippen LogP contribution >= 0.6 is 15.9 Å². The normalized spacial score (nSPS) is 10.1. The minimum atomic E-state index is -0.628. The molecule has 0 radical (unpaired) electrons. The third kappa shape index (κ3) is 3.29. The van der Waals surface area contributed by atoms with Crippen molar-refractivity contribution in [2.45, 2.75) is 0 Å². The predicted molar refractivity (Wildman–Crippen MR) is 72.8 cm³/mol. The zero-order valence-corrected chi connectivity index (χ0v) is 11.6. The van der Waals surface area contributed by atoms with Gasteiger partial charge < -0.3 is 10.1 Å². The Hall–Kier alpha value is -1.95. The Kier molecular flexibility index (Phi) is 4.11. The van der Waals surface area contributed by atoms with E-state index in [2.05, 4.69) is 26.2 Å². The Labute approximate surface area is 117 Å². The summed E-state index contributed by atoms with van der Waals surface area (Å²) in [6, 6.07) is 7.74. The van der Waals surface area contributed by atoms with Gasteiger partial charge in [0, 0.05) is 10.7 Å². The molecule has 0 saturated heterocycles. The first-order chi connectivity index (χ1) is 9.10. The zero-order chi connectivity index (χ0) is 13.8. The molecule has 0 spiro atoms. The van der Waals surface area contributed by atoms with Crippen LogP contribution in [-0.4, -0.2) is 18.0 Å².